The van der Waals surface area contributed by atoms with E-state index in [0.717, 1.165) is 23.5 Å². The number of rotatable bonds is 3. The highest BCUT2D eigenvalue weighted by molar-refractivity contribution is 7.18. The number of thiophene rings is 1. The molecule has 1 aromatic carbocycles. The first kappa shape index (κ1) is 14.8. The predicted molar refractivity (Wildman–Crippen MR) is 75.7 cm³/mol. The van der Waals surface area contributed by atoms with E-state index >= 15 is 0 Å². The van der Waals surface area contributed by atoms with Crippen molar-refractivity contribution >= 4 is 51.4 Å². The van der Waals surface area contributed by atoms with Crippen molar-refractivity contribution in [2.24, 2.45) is 0 Å². The quantitative estimate of drug-likeness (QED) is 0.829. The van der Waals surface area contributed by atoms with Crippen molar-refractivity contribution in [1.82, 2.24) is 0 Å². The van der Waals surface area contributed by atoms with Crippen LogP contribution in [0.25, 0.3) is 0 Å². The van der Waals surface area contributed by atoms with Gasteiger partial charge in [0.1, 0.15) is 10.7 Å². The van der Waals surface area contributed by atoms with Gasteiger partial charge < -0.3 is 10.4 Å². The minimum absolute atomic E-state index is 0.00362. The highest BCUT2D eigenvalue weighted by Crippen LogP contribution is 2.27. The third kappa shape index (κ3) is 3.09. The van der Waals surface area contributed by atoms with Crippen LogP contribution in [0.5, 0.6) is 0 Å². The molecule has 0 radical (unpaired) electrons. The van der Waals surface area contributed by atoms with Gasteiger partial charge >= 0.3 is 5.97 Å². The topological polar surface area (TPSA) is 66.4 Å². The van der Waals surface area contributed by atoms with Crippen LogP contribution in [0.4, 0.5) is 9.39 Å². The molecule has 2 N–H and O–H groups in total. The van der Waals surface area contributed by atoms with Crippen molar-refractivity contribution in [1.29, 1.82) is 0 Å². The summed E-state index contributed by atoms with van der Waals surface area (Å²) in [4.78, 5) is 22.7. The number of hydrogen-bond donors (Lipinski definition) is 2. The molecule has 0 unspecified atom stereocenters. The number of anilines is 1. The average molecular weight is 334 g/mol. The maximum Gasteiger partial charge on any atom is 0.345 e. The van der Waals surface area contributed by atoms with Gasteiger partial charge in [0.05, 0.1) is 20.6 Å². The number of aromatic carboxylic acids is 1. The number of nitrogens with one attached hydrogen (secondary N) is 1. The fraction of sp³-hybridized carbons (Fsp3) is 0. The molecule has 0 aliphatic carbocycles. The predicted octanol–water partition coefficient (Wildman–Crippen LogP) is 4.14. The van der Waals surface area contributed by atoms with Crippen LogP contribution in [0.3, 0.4) is 0 Å². The summed E-state index contributed by atoms with van der Waals surface area (Å²) < 4.78 is 13.3. The molecule has 1 heterocycles. The van der Waals surface area contributed by atoms with Gasteiger partial charge in [-0.05, 0) is 24.3 Å². The Balaban J connectivity index is 2.23. The molecule has 0 bridgehead atoms. The zero-order valence-corrected chi connectivity index (χ0v) is 11.9. The fourth-order valence-corrected chi connectivity index (χ4v) is 2.60. The van der Waals surface area contributed by atoms with Crippen LogP contribution in [0.1, 0.15) is 20.0 Å². The molecule has 0 atom stereocenters. The normalized spacial score (nSPS) is 10.3. The van der Waals surface area contributed by atoms with Gasteiger partial charge in [-0.2, -0.15) is 0 Å². The summed E-state index contributed by atoms with van der Waals surface area (Å²) in [5, 5.41) is 11.4. The molecular formula is C12H6Cl2FNO3S. The van der Waals surface area contributed by atoms with Crippen molar-refractivity contribution < 1.29 is 19.1 Å². The van der Waals surface area contributed by atoms with Gasteiger partial charge in [-0.3, -0.25) is 4.79 Å². The van der Waals surface area contributed by atoms with Gasteiger partial charge in [0.15, 0.2) is 0 Å². The molecule has 0 saturated carbocycles. The second-order valence-corrected chi connectivity index (χ2v) is 5.57. The van der Waals surface area contributed by atoms with Crippen LogP contribution < -0.4 is 5.32 Å². The SMILES string of the molecule is O=C(O)c1ccc(NC(=O)c2cc(F)c(Cl)cc2Cl)s1. The lowest BCUT2D eigenvalue weighted by molar-refractivity contribution is 0.0702. The van der Waals surface area contributed by atoms with E-state index in [1.165, 1.54) is 12.1 Å². The molecule has 4 nitrogen and oxygen atoms in total. The van der Waals surface area contributed by atoms with Crippen LogP contribution in [0, 0.1) is 5.82 Å². The smallest absolute Gasteiger partial charge is 0.345 e. The molecule has 104 valence electrons. The molecule has 0 spiro atoms. The lowest BCUT2D eigenvalue weighted by Crippen LogP contribution is -2.12. The maximum atomic E-state index is 13.3. The Morgan fingerprint density at radius 2 is 1.90 bits per heavy atom. The van der Waals surface area contributed by atoms with E-state index in [1.807, 2.05) is 0 Å². The second-order valence-electron chi connectivity index (χ2n) is 3.67. The van der Waals surface area contributed by atoms with Crippen molar-refractivity contribution in [3.63, 3.8) is 0 Å². The standard InChI is InChI=1S/C12H6Cl2FNO3S/c13-6-4-7(14)8(15)3-5(6)11(17)16-10-2-1-9(20-10)12(18)19/h1-4H,(H,16,17)(H,18,19). The number of amides is 1. The van der Waals surface area contributed by atoms with E-state index in [2.05, 4.69) is 5.32 Å². The summed E-state index contributed by atoms with van der Waals surface area (Å²) in [5.74, 6) is -2.51. The molecule has 0 aliphatic rings. The molecule has 1 amide bonds. The van der Waals surface area contributed by atoms with Gasteiger partial charge in [0, 0.05) is 0 Å². The summed E-state index contributed by atoms with van der Waals surface area (Å²) in [6.07, 6.45) is 0. The Bertz CT molecular complexity index is 702. The van der Waals surface area contributed by atoms with Crippen LogP contribution in [0.2, 0.25) is 10.0 Å². The molecule has 0 fully saturated rings. The summed E-state index contributed by atoms with van der Waals surface area (Å²) >= 11 is 12.2. The van der Waals surface area contributed by atoms with Gasteiger partial charge in [-0.1, -0.05) is 23.2 Å². The number of halogens is 3. The second kappa shape index (κ2) is 5.78. The Hall–Kier alpha value is -1.63. The van der Waals surface area contributed by atoms with E-state index in [1.54, 1.807) is 0 Å². The average Bonchev–Trinajstić information content (AvgIpc) is 2.82. The van der Waals surface area contributed by atoms with E-state index in [-0.39, 0.29) is 20.5 Å². The van der Waals surface area contributed by atoms with Crippen LogP contribution >= 0.6 is 34.5 Å². The van der Waals surface area contributed by atoms with E-state index in [0.29, 0.717) is 5.00 Å². The Morgan fingerprint density at radius 1 is 1.20 bits per heavy atom. The third-order valence-electron chi connectivity index (χ3n) is 2.31. The minimum atomic E-state index is -1.09. The largest absolute Gasteiger partial charge is 0.477 e. The summed E-state index contributed by atoms with van der Waals surface area (Å²) in [6.45, 7) is 0. The molecule has 0 saturated heterocycles. The minimum Gasteiger partial charge on any atom is -0.477 e. The highest BCUT2D eigenvalue weighted by atomic mass is 35.5. The van der Waals surface area contributed by atoms with Crippen molar-refractivity contribution in [3.8, 4) is 0 Å². The third-order valence-corrected chi connectivity index (χ3v) is 3.90. The molecule has 1 aromatic heterocycles. The first-order valence-corrected chi connectivity index (χ1v) is 6.74. The Kier molecular flexibility index (Phi) is 4.27. The van der Waals surface area contributed by atoms with E-state index < -0.39 is 17.7 Å². The van der Waals surface area contributed by atoms with E-state index in [9.17, 15) is 14.0 Å². The number of hydrogen-bond acceptors (Lipinski definition) is 3. The fourth-order valence-electron chi connectivity index (χ4n) is 1.40. The number of carboxylic acid groups (broad SMARTS) is 1. The van der Waals surface area contributed by atoms with Gasteiger partial charge in [-0.15, -0.1) is 11.3 Å². The molecule has 2 aromatic rings. The zero-order chi connectivity index (χ0) is 14.9. The summed E-state index contributed by atoms with van der Waals surface area (Å²) in [5.41, 5.74) is -0.0844. The number of carboxylic acids is 1. The zero-order valence-electron chi connectivity index (χ0n) is 9.62. The highest BCUT2D eigenvalue weighted by Gasteiger charge is 2.16. The van der Waals surface area contributed by atoms with Crippen LogP contribution in [-0.2, 0) is 0 Å². The summed E-state index contributed by atoms with van der Waals surface area (Å²) in [6, 6.07) is 4.84. The lowest BCUT2D eigenvalue weighted by Gasteiger charge is -2.05. The summed E-state index contributed by atoms with van der Waals surface area (Å²) in [7, 11) is 0. The Labute approximate surface area is 126 Å². The van der Waals surface area contributed by atoms with Crippen molar-refractivity contribution in [2.45, 2.75) is 0 Å². The van der Waals surface area contributed by atoms with Gasteiger partial charge in [0.2, 0.25) is 0 Å². The molecular weight excluding hydrogens is 328 g/mol. The van der Waals surface area contributed by atoms with Crippen LogP contribution in [-0.4, -0.2) is 17.0 Å². The maximum absolute atomic E-state index is 13.3. The number of carbonyl (C=O) groups is 2. The Morgan fingerprint density at radius 3 is 2.50 bits per heavy atom. The first-order valence-electron chi connectivity index (χ1n) is 5.17. The number of carbonyl (C=O) groups excluding carboxylic acids is 1. The monoisotopic (exact) mass is 333 g/mol. The van der Waals surface area contributed by atoms with Crippen molar-refractivity contribution in [2.75, 3.05) is 5.32 Å². The first-order chi connectivity index (χ1) is 9.38. The van der Waals surface area contributed by atoms with Gasteiger partial charge in [-0.25, -0.2) is 9.18 Å². The molecule has 2 rings (SSSR count). The van der Waals surface area contributed by atoms with E-state index in [4.69, 9.17) is 28.3 Å². The molecule has 8 heteroatoms. The number of benzene rings is 1. The molecule has 20 heavy (non-hydrogen) atoms. The van der Waals surface area contributed by atoms with Gasteiger partial charge in [0.25, 0.3) is 5.91 Å². The lowest BCUT2D eigenvalue weighted by atomic mass is 10.2. The molecule has 0 aliphatic heterocycles. The van der Waals surface area contributed by atoms with Crippen molar-refractivity contribution in [3.05, 3.63) is 50.6 Å². The van der Waals surface area contributed by atoms with Crippen LogP contribution in [0.15, 0.2) is 24.3 Å².